The minimum absolute atomic E-state index is 0.181. The summed E-state index contributed by atoms with van der Waals surface area (Å²) in [5.74, 6) is -1.35. The Morgan fingerprint density at radius 2 is 2.31 bits per heavy atom. The van der Waals surface area contributed by atoms with Crippen molar-refractivity contribution in [3.8, 4) is 5.75 Å². The maximum absolute atomic E-state index is 12.9. The zero-order valence-corrected chi connectivity index (χ0v) is 8.44. The molecule has 0 radical (unpaired) electrons. The Balaban J connectivity index is 2.43. The van der Waals surface area contributed by atoms with E-state index in [-0.39, 0.29) is 18.8 Å². The van der Waals surface area contributed by atoms with Crippen LogP contribution in [0, 0.1) is 5.82 Å². The van der Waals surface area contributed by atoms with Gasteiger partial charge in [0.1, 0.15) is 17.2 Å². The summed E-state index contributed by atoms with van der Waals surface area (Å²) in [6, 6.07) is 3.70. The van der Waals surface area contributed by atoms with E-state index < -0.39 is 23.8 Å². The van der Waals surface area contributed by atoms with Gasteiger partial charge in [0.15, 0.2) is 0 Å². The molecule has 0 saturated carbocycles. The first-order chi connectivity index (χ1) is 7.51. The molecular weight excluding hydrogens is 215 g/mol. The van der Waals surface area contributed by atoms with Crippen molar-refractivity contribution >= 4 is 5.97 Å². The summed E-state index contributed by atoms with van der Waals surface area (Å²) in [5, 5.41) is 18.9. The fraction of sp³-hybridized carbons (Fsp3) is 0.364. The minimum atomic E-state index is -1.47. The Morgan fingerprint density at radius 3 is 3.00 bits per heavy atom. The molecule has 1 aromatic rings. The fourth-order valence-electron chi connectivity index (χ4n) is 1.90. The smallest absolute Gasteiger partial charge is 0.306 e. The number of fused-ring (bicyclic) bond motifs is 1. The molecule has 2 N–H and O–H groups in total. The van der Waals surface area contributed by atoms with Gasteiger partial charge >= 0.3 is 5.97 Å². The Kier molecular flexibility index (Phi) is 2.55. The predicted octanol–water partition coefficient (Wildman–Crippen LogP) is 1.27. The van der Waals surface area contributed by atoms with E-state index in [0.29, 0.717) is 5.56 Å². The summed E-state index contributed by atoms with van der Waals surface area (Å²) in [6.45, 7) is 0.181. The van der Waals surface area contributed by atoms with E-state index in [0.717, 1.165) is 6.07 Å². The van der Waals surface area contributed by atoms with Gasteiger partial charge in [0, 0.05) is 18.1 Å². The minimum Gasteiger partial charge on any atom is -0.493 e. The molecule has 4 nitrogen and oxygen atoms in total. The molecular formula is C11H11FO4. The summed E-state index contributed by atoms with van der Waals surface area (Å²) in [4.78, 5) is 10.7. The molecule has 0 bridgehead atoms. The van der Waals surface area contributed by atoms with Crippen molar-refractivity contribution in [1.29, 1.82) is 0 Å². The van der Waals surface area contributed by atoms with Crippen LogP contribution in [0.3, 0.4) is 0 Å². The molecule has 1 heterocycles. The Hall–Kier alpha value is -1.62. The van der Waals surface area contributed by atoms with Crippen LogP contribution < -0.4 is 4.74 Å². The van der Waals surface area contributed by atoms with Crippen LogP contribution >= 0.6 is 0 Å². The molecule has 0 amide bonds. The van der Waals surface area contributed by atoms with Crippen LogP contribution in [0.2, 0.25) is 0 Å². The quantitative estimate of drug-likeness (QED) is 0.796. The van der Waals surface area contributed by atoms with Crippen molar-refractivity contribution in [2.24, 2.45) is 0 Å². The molecule has 1 aliphatic rings. The van der Waals surface area contributed by atoms with Crippen LogP contribution in [0.4, 0.5) is 4.39 Å². The maximum atomic E-state index is 12.9. The van der Waals surface area contributed by atoms with Gasteiger partial charge in [-0.25, -0.2) is 4.39 Å². The van der Waals surface area contributed by atoms with E-state index in [1.807, 2.05) is 0 Å². The monoisotopic (exact) mass is 226 g/mol. The van der Waals surface area contributed by atoms with Gasteiger partial charge in [0.25, 0.3) is 0 Å². The van der Waals surface area contributed by atoms with Crippen LogP contribution in [0.1, 0.15) is 18.4 Å². The highest BCUT2D eigenvalue weighted by atomic mass is 19.1. The van der Waals surface area contributed by atoms with Gasteiger partial charge in [-0.15, -0.1) is 0 Å². The van der Waals surface area contributed by atoms with E-state index in [2.05, 4.69) is 0 Å². The maximum Gasteiger partial charge on any atom is 0.306 e. The average molecular weight is 226 g/mol. The lowest BCUT2D eigenvalue weighted by atomic mass is 9.85. The number of halogens is 1. The molecule has 2 rings (SSSR count). The highest BCUT2D eigenvalue weighted by molar-refractivity contribution is 5.69. The van der Waals surface area contributed by atoms with Crippen molar-refractivity contribution in [2.75, 3.05) is 6.61 Å². The van der Waals surface area contributed by atoms with Crippen molar-refractivity contribution in [1.82, 2.24) is 0 Å². The zero-order chi connectivity index (χ0) is 11.8. The number of carbonyl (C=O) groups is 1. The first kappa shape index (κ1) is 10.9. The lowest BCUT2D eigenvalue weighted by Gasteiger charge is -2.33. The molecule has 1 aromatic carbocycles. The van der Waals surface area contributed by atoms with Crippen LogP contribution in [0.15, 0.2) is 18.2 Å². The second-order valence-corrected chi connectivity index (χ2v) is 3.84. The number of aliphatic carboxylic acids is 1. The summed E-state index contributed by atoms with van der Waals surface area (Å²) >= 11 is 0. The van der Waals surface area contributed by atoms with Gasteiger partial charge < -0.3 is 14.9 Å². The number of benzene rings is 1. The van der Waals surface area contributed by atoms with Crippen LogP contribution in [0.5, 0.6) is 5.75 Å². The van der Waals surface area contributed by atoms with Gasteiger partial charge in [-0.05, 0) is 12.1 Å². The number of carboxylic acid groups (broad SMARTS) is 1. The molecule has 0 aromatic heterocycles. The lowest BCUT2D eigenvalue weighted by Crippen LogP contribution is -2.35. The van der Waals surface area contributed by atoms with E-state index in [1.54, 1.807) is 0 Å². The molecule has 1 atom stereocenters. The largest absolute Gasteiger partial charge is 0.493 e. The molecule has 0 aliphatic carbocycles. The highest BCUT2D eigenvalue weighted by Crippen LogP contribution is 2.39. The number of hydrogen-bond donors (Lipinski definition) is 2. The van der Waals surface area contributed by atoms with Gasteiger partial charge in [-0.2, -0.15) is 0 Å². The molecule has 0 spiro atoms. The SMILES string of the molecule is O=C(O)CC1(O)CCOc2cc(F)ccc21. The Bertz CT molecular complexity index is 432. The number of hydrogen-bond acceptors (Lipinski definition) is 3. The van der Waals surface area contributed by atoms with Crippen molar-refractivity contribution < 1.29 is 24.1 Å². The molecule has 5 heteroatoms. The average Bonchev–Trinajstić information content (AvgIpc) is 2.15. The second-order valence-electron chi connectivity index (χ2n) is 3.84. The van der Waals surface area contributed by atoms with Crippen molar-refractivity contribution in [2.45, 2.75) is 18.4 Å². The third-order valence-electron chi connectivity index (χ3n) is 2.66. The lowest BCUT2D eigenvalue weighted by molar-refractivity contribution is -0.144. The van der Waals surface area contributed by atoms with E-state index in [4.69, 9.17) is 9.84 Å². The topological polar surface area (TPSA) is 66.8 Å². The van der Waals surface area contributed by atoms with E-state index in [9.17, 15) is 14.3 Å². The number of carboxylic acids is 1. The van der Waals surface area contributed by atoms with Crippen molar-refractivity contribution in [3.05, 3.63) is 29.6 Å². The summed E-state index contributed by atoms with van der Waals surface area (Å²) in [5.41, 5.74) is -1.13. The Labute approximate surface area is 91.3 Å². The van der Waals surface area contributed by atoms with E-state index >= 15 is 0 Å². The van der Waals surface area contributed by atoms with Gasteiger partial charge in [0.2, 0.25) is 0 Å². The number of rotatable bonds is 2. The number of aliphatic hydroxyl groups is 1. The molecule has 1 aliphatic heterocycles. The van der Waals surface area contributed by atoms with Crippen LogP contribution in [0.25, 0.3) is 0 Å². The molecule has 86 valence electrons. The molecule has 0 fully saturated rings. The van der Waals surface area contributed by atoms with Gasteiger partial charge in [-0.1, -0.05) is 0 Å². The van der Waals surface area contributed by atoms with Crippen molar-refractivity contribution in [3.63, 3.8) is 0 Å². The normalized spacial score (nSPS) is 23.4. The van der Waals surface area contributed by atoms with Gasteiger partial charge in [0.05, 0.1) is 13.0 Å². The van der Waals surface area contributed by atoms with Gasteiger partial charge in [-0.3, -0.25) is 4.79 Å². The fourth-order valence-corrected chi connectivity index (χ4v) is 1.90. The third kappa shape index (κ3) is 1.86. The van der Waals surface area contributed by atoms with Crippen LogP contribution in [-0.2, 0) is 10.4 Å². The number of ether oxygens (including phenoxy) is 1. The first-order valence-electron chi connectivity index (χ1n) is 4.88. The standard InChI is InChI=1S/C11H11FO4/c12-7-1-2-8-9(5-7)16-4-3-11(8,15)6-10(13)14/h1-2,5,15H,3-4,6H2,(H,13,14). The summed E-state index contributed by atoms with van der Waals surface area (Å²) < 4.78 is 18.1. The first-order valence-corrected chi connectivity index (χ1v) is 4.88. The summed E-state index contributed by atoms with van der Waals surface area (Å²) in [6.07, 6.45) is -0.215. The van der Waals surface area contributed by atoms with E-state index in [1.165, 1.54) is 12.1 Å². The molecule has 0 saturated heterocycles. The zero-order valence-electron chi connectivity index (χ0n) is 8.44. The molecule has 1 unspecified atom stereocenters. The predicted molar refractivity (Wildman–Crippen MR) is 52.7 cm³/mol. The van der Waals surface area contributed by atoms with Crippen LogP contribution in [-0.4, -0.2) is 22.8 Å². The summed E-state index contributed by atoms with van der Waals surface area (Å²) in [7, 11) is 0. The second kappa shape index (κ2) is 3.75. The highest BCUT2D eigenvalue weighted by Gasteiger charge is 2.37. The Morgan fingerprint density at radius 1 is 1.56 bits per heavy atom. The molecule has 16 heavy (non-hydrogen) atoms. The third-order valence-corrected chi connectivity index (χ3v) is 2.66.